The maximum Gasteiger partial charge on any atom is 0.417 e. The molecule has 1 aliphatic heterocycles. The summed E-state index contributed by atoms with van der Waals surface area (Å²) in [5.74, 6) is 0.721. The van der Waals surface area contributed by atoms with Crippen molar-refractivity contribution in [2.24, 2.45) is 0 Å². The SMILES string of the molecule is CCOc1cc(N2CCCN(c3ccc(C(F)(F)F)cn3)CC2)ccc1[N+](=O)[O-]. The van der Waals surface area contributed by atoms with Gasteiger partial charge in [-0.2, -0.15) is 13.2 Å². The van der Waals surface area contributed by atoms with Crippen LogP contribution in [0.3, 0.4) is 0 Å². The Labute approximate surface area is 165 Å². The summed E-state index contributed by atoms with van der Waals surface area (Å²) >= 11 is 0. The molecule has 156 valence electrons. The molecule has 0 N–H and O–H groups in total. The highest BCUT2D eigenvalue weighted by Gasteiger charge is 2.31. The molecule has 1 saturated heterocycles. The second kappa shape index (κ2) is 8.54. The predicted molar refractivity (Wildman–Crippen MR) is 103 cm³/mol. The molecule has 0 bridgehead atoms. The van der Waals surface area contributed by atoms with Crippen LogP contribution >= 0.6 is 0 Å². The van der Waals surface area contributed by atoms with Crippen molar-refractivity contribution in [3.8, 4) is 5.75 Å². The van der Waals surface area contributed by atoms with Crippen LogP contribution in [0.4, 0.5) is 30.4 Å². The lowest BCUT2D eigenvalue weighted by molar-refractivity contribution is -0.385. The van der Waals surface area contributed by atoms with E-state index < -0.39 is 16.7 Å². The molecule has 0 aliphatic carbocycles. The molecule has 1 aromatic heterocycles. The molecule has 2 heterocycles. The monoisotopic (exact) mass is 410 g/mol. The van der Waals surface area contributed by atoms with E-state index in [1.54, 1.807) is 19.1 Å². The van der Waals surface area contributed by atoms with Gasteiger partial charge in [-0.05, 0) is 31.5 Å². The van der Waals surface area contributed by atoms with E-state index in [9.17, 15) is 23.3 Å². The number of hydrogen-bond acceptors (Lipinski definition) is 6. The average molecular weight is 410 g/mol. The average Bonchev–Trinajstić information content (AvgIpc) is 2.94. The number of nitro groups is 1. The van der Waals surface area contributed by atoms with Gasteiger partial charge < -0.3 is 14.5 Å². The molecule has 0 radical (unpaired) electrons. The van der Waals surface area contributed by atoms with Gasteiger partial charge in [-0.15, -0.1) is 0 Å². The fraction of sp³-hybridized carbons (Fsp3) is 0.421. The van der Waals surface area contributed by atoms with Crippen molar-refractivity contribution in [2.75, 3.05) is 42.6 Å². The highest BCUT2D eigenvalue weighted by atomic mass is 19.4. The van der Waals surface area contributed by atoms with Gasteiger partial charge in [0.15, 0.2) is 5.75 Å². The summed E-state index contributed by atoms with van der Waals surface area (Å²) in [4.78, 5) is 18.7. The summed E-state index contributed by atoms with van der Waals surface area (Å²) in [6, 6.07) is 7.20. The van der Waals surface area contributed by atoms with Crippen LogP contribution in [0.15, 0.2) is 36.5 Å². The van der Waals surface area contributed by atoms with E-state index in [0.717, 1.165) is 24.4 Å². The molecule has 0 atom stereocenters. The van der Waals surface area contributed by atoms with Crippen molar-refractivity contribution >= 4 is 17.2 Å². The third-order valence-electron chi connectivity index (χ3n) is 4.70. The van der Waals surface area contributed by atoms with Crippen LogP contribution in [0.5, 0.6) is 5.75 Å². The number of anilines is 2. The number of halogens is 3. The van der Waals surface area contributed by atoms with Gasteiger partial charge in [0, 0.05) is 50.2 Å². The molecular weight excluding hydrogens is 389 g/mol. The van der Waals surface area contributed by atoms with Crippen molar-refractivity contribution in [1.82, 2.24) is 4.98 Å². The molecule has 0 spiro atoms. The Morgan fingerprint density at radius 2 is 1.86 bits per heavy atom. The third kappa shape index (κ3) is 4.87. The molecule has 1 aliphatic rings. The Kier molecular flexibility index (Phi) is 6.09. The van der Waals surface area contributed by atoms with E-state index in [-0.39, 0.29) is 11.4 Å². The number of nitrogens with zero attached hydrogens (tertiary/aromatic N) is 4. The van der Waals surface area contributed by atoms with Crippen molar-refractivity contribution in [2.45, 2.75) is 19.5 Å². The highest BCUT2D eigenvalue weighted by molar-refractivity contribution is 5.59. The standard InChI is InChI=1S/C19H21F3N4O3/c1-2-29-17-12-15(5-6-16(17)26(27)28)24-8-3-9-25(11-10-24)18-7-4-14(13-23-18)19(20,21)22/h4-7,12-13H,2-3,8-11H2,1H3. The van der Waals surface area contributed by atoms with Crippen LogP contribution in [0.25, 0.3) is 0 Å². The zero-order valence-electron chi connectivity index (χ0n) is 15.9. The summed E-state index contributed by atoms with van der Waals surface area (Å²) in [7, 11) is 0. The van der Waals surface area contributed by atoms with E-state index >= 15 is 0 Å². The van der Waals surface area contributed by atoms with Gasteiger partial charge in [0.1, 0.15) is 5.82 Å². The molecule has 10 heteroatoms. The molecule has 0 amide bonds. The van der Waals surface area contributed by atoms with Crippen molar-refractivity contribution in [3.05, 3.63) is 52.2 Å². The first-order valence-electron chi connectivity index (χ1n) is 9.24. The number of ether oxygens (including phenoxy) is 1. The number of aromatic nitrogens is 1. The summed E-state index contributed by atoms with van der Waals surface area (Å²) < 4.78 is 43.6. The minimum absolute atomic E-state index is 0.0824. The van der Waals surface area contributed by atoms with Crippen LogP contribution in [0, 0.1) is 10.1 Å². The van der Waals surface area contributed by atoms with Gasteiger partial charge in [-0.1, -0.05) is 0 Å². The fourth-order valence-corrected chi connectivity index (χ4v) is 3.27. The normalized spacial score (nSPS) is 15.2. The molecule has 7 nitrogen and oxygen atoms in total. The largest absolute Gasteiger partial charge is 0.487 e. The maximum atomic E-state index is 12.7. The highest BCUT2D eigenvalue weighted by Crippen LogP contribution is 2.33. The molecule has 0 unspecified atom stereocenters. The smallest absolute Gasteiger partial charge is 0.417 e. The number of pyridine rings is 1. The second-order valence-electron chi connectivity index (χ2n) is 6.57. The summed E-state index contributed by atoms with van der Waals surface area (Å²) in [6.07, 6.45) is -2.79. The van der Waals surface area contributed by atoms with Gasteiger partial charge in [-0.3, -0.25) is 10.1 Å². The van der Waals surface area contributed by atoms with Gasteiger partial charge in [0.25, 0.3) is 0 Å². The van der Waals surface area contributed by atoms with E-state index in [2.05, 4.69) is 9.88 Å². The van der Waals surface area contributed by atoms with Crippen molar-refractivity contribution in [3.63, 3.8) is 0 Å². The number of nitro benzene ring substituents is 1. The van der Waals surface area contributed by atoms with Gasteiger partial charge in [-0.25, -0.2) is 4.98 Å². The first-order valence-corrected chi connectivity index (χ1v) is 9.24. The maximum absolute atomic E-state index is 12.7. The molecule has 29 heavy (non-hydrogen) atoms. The van der Waals surface area contributed by atoms with Gasteiger partial charge in [0.2, 0.25) is 0 Å². The van der Waals surface area contributed by atoms with Crippen molar-refractivity contribution < 1.29 is 22.8 Å². The lowest BCUT2D eigenvalue weighted by Crippen LogP contribution is -2.31. The topological polar surface area (TPSA) is 71.7 Å². The zero-order chi connectivity index (χ0) is 21.0. The number of benzene rings is 1. The molecular formula is C19H21F3N4O3. The Hall–Kier alpha value is -3.04. The number of alkyl halides is 3. The zero-order valence-corrected chi connectivity index (χ0v) is 15.9. The fourth-order valence-electron chi connectivity index (χ4n) is 3.27. The van der Waals surface area contributed by atoms with Crippen LogP contribution in [-0.4, -0.2) is 42.7 Å². The Balaban J connectivity index is 1.73. The minimum Gasteiger partial charge on any atom is -0.487 e. The molecule has 1 fully saturated rings. The summed E-state index contributed by atoms with van der Waals surface area (Å²) in [5, 5.41) is 11.2. The Morgan fingerprint density at radius 1 is 1.14 bits per heavy atom. The van der Waals surface area contributed by atoms with Crippen LogP contribution < -0.4 is 14.5 Å². The molecule has 3 rings (SSSR count). The lowest BCUT2D eigenvalue weighted by atomic mass is 10.2. The third-order valence-corrected chi connectivity index (χ3v) is 4.70. The van der Waals surface area contributed by atoms with Crippen LogP contribution in [0.2, 0.25) is 0 Å². The van der Waals surface area contributed by atoms with Crippen LogP contribution in [0.1, 0.15) is 18.9 Å². The summed E-state index contributed by atoms with van der Waals surface area (Å²) in [6.45, 7) is 4.61. The predicted octanol–water partition coefficient (Wildman–Crippen LogP) is 4.12. The van der Waals surface area contributed by atoms with Crippen LogP contribution in [-0.2, 0) is 6.18 Å². The quantitative estimate of drug-likeness (QED) is 0.545. The van der Waals surface area contributed by atoms with E-state index in [0.29, 0.717) is 38.6 Å². The Morgan fingerprint density at radius 3 is 2.48 bits per heavy atom. The molecule has 0 saturated carbocycles. The van der Waals surface area contributed by atoms with Crippen molar-refractivity contribution in [1.29, 1.82) is 0 Å². The van der Waals surface area contributed by atoms with E-state index in [1.165, 1.54) is 12.1 Å². The minimum atomic E-state index is -4.41. The van der Waals surface area contributed by atoms with E-state index in [1.807, 2.05) is 4.90 Å². The molecule has 2 aromatic rings. The van der Waals surface area contributed by atoms with E-state index in [4.69, 9.17) is 4.74 Å². The van der Waals surface area contributed by atoms with Gasteiger partial charge >= 0.3 is 11.9 Å². The molecule has 1 aromatic carbocycles. The number of rotatable bonds is 5. The first-order chi connectivity index (χ1) is 13.8. The lowest BCUT2D eigenvalue weighted by Gasteiger charge is -2.24. The van der Waals surface area contributed by atoms with Gasteiger partial charge in [0.05, 0.1) is 17.1 Å². The Bertz CT molecular complexity index is 859. The first kappa shape index (κ1) is 20.7. The number of hydrogen-bond donors (Lipinski definition) is 0. The summed E-state index contributed by atoms with van der Waals surface area (Å²) in [5.41, 5.74) is -0.0469. The second-order valence-corrected chi connectivity index (χ2v) is 6.57.